The van der Waals surface area contributed by atoms with Crippen molar-refractivity contribution in [2.45, 2.75) is 10.8 Å². The number of pyridine rings is 1. The molecule has 0 bridgehead atoms. The summed E-state index contributed by atoms with van der Waals surface area (Å²) in [6, 6.07) is 6.94. The van der Waals surface area contributed by atoms with Gasteiger partial charge < -0.3 is 4.90 Å². The highest BCUT2D eigenvalue weighted by Crippen LogP contribution is 2.25. The highest BCUT2D eigenvalue weighted by molar-refractivity contribution is 9.11. The van der Waals surface area contributed by atoms with Gasteiger partial charge in [-0.05, 0) is 45.8 Å². The number of hydrogen-bond acceptors (Lipinski definition) is 5. The fourth-order valence-corrected chi connectivity index (χ4v) is 4.58. The lowest BCUT2D eigenvalue weighted by Gasteiger charge is -2.12. The van der Waals surface area contributed by atoms with Crippen LogP contribution in [0.5, 0.6) is 0 Å². The van der Waals surface area contributed by atoms with Crippen molar-refractivity contribution >= 4 is 43.1 Å². The van der Waals surface area contributed by atoms with E-state index in [4.69, 9.17) is 0 Å². The monoisotopic (exact) mass is 375 g/mol. The predicted molar refractivity (Wildman–Crippen MR) is 84.6 cm³/mol. The molecule has 0 aliphatic rings. The molecule has 20 heavy (non-hydrogen) atoms. The predicted octanol–water partition coefficient (Wildman–Crippen LogP) is 2.45. The Morgan fingerprint density at radius 2 is 2.10 bits per heavy atom. The van der Waals surface area contributed by atoms with Crippen molar-refractivity contribution in [2.75, 3.05) is 19.0 Å². The van der Waals surface area contributed by atoms with Crippen LogP contribution in [0.3, 0.4) is 0 Å². The standard InChI is InChI=1S/C12H14BrN3O2S2/c1-16(2)11-7-9(5-6-14-11)8-15-20(17,18)12-4-3-10(13)19-12/h3-7,15H,8H2,1-2H3. The molecule has 0 saturated heterocycles. The lowest BCUT2D eigenvalue weighted by Crippen LogP contribution is -2.22. The quantitative estimate of drug-likeness (QED) is 0.871. The van der Waals surface area contributed by atoms with Gasteiger partial charge in [-0.2, -0.15) is 0 Å². The Labute approximate surface area is 130 Å². The second kappa shape index (κ2) is 6.21. The molecular weight excluding hydrogens is 362 g/mol. The number of aromatic nitrogens is 1. The zero-order valence-corrected chi connectivity index (χ0v) is 14.2. The minimum Gasteiger partial charge on any atom is -0.363 e. The first kappa shape index (κ1) is 15.4. The Hall–Kier alpha value is -0.960. The Balaban J connectivity index is 2.10. The van der Waals surface area contributed by atoms with E-state index in [2.05, 4.69) is 25.6 Å². The van der Waals surface area contributed by atoms with Crippen molar-refractivity contribution < 1.29 is 8.42 Å². The summed E-state index contributed by atoms with van der Waals surface area (Å²) in [6.45, 7) is 0.237. The van der Waals surface area contributed by atoms with E-state index in [1.54, 1.807) is 24.4 Å². The summed E-state index contributed by atoms with van der Waals surface area (Å²) in [4.78, 5) is 6.06. The Bertz CT molecular complexity index is 698. The molecule has 0 unspecified atom stereocenters. The third kappa shape index (κ3) is 3.78. The minimum atomic E-state index is -3.47. The molecule has 0 aliphatic carbocycles. The number of hydrogen-bond donors (Lipinski definition) is 1. The molecule has 2 aromatic rings. The maximum atomic E-state index is 12.1. The average molecular weight is 376 g/mol. The molecule has 0 amide bonds. The molecule has 0 fully saturated rings. The molecule has 2 rings (SSSR count). The Morgan fingerprint density at radius 3 is 2.70 bits per heavy atom. The van der Waals surface area contributed by atoms with E-state index in [0.29, 0.717) is 4.21 Å². The van der Waals surface area contributed by atoms with Gasteiger partial charge in [-0.15, -0.1) is 11.3 Å². The number of halogens is 1. The van der Waals surface area contributed by atoms with Gasteiger partial charge in [0, 0.05) is 26.8 Å². The van der Waals surface area contributed by atoms with E-state index in [9.17, 15) is 8.42 Å². The van der Waals surface area contributed by atoms with Crippen LogP contribution in [0.15, 0.2) is 38.5 Å². The summed E-state index contributed by atoms with van der Waals surface area (Å²) in [7, 11) is 0.310. The Morgan fingerprint density at radius 1 is 1.35 bits per heavy atom. The molecule has 2 heterocycles. The van der Waals surface area contributed by atoms with E-state index in [0.717, 1.165) is 15.2 Å². The maximum absolute atomic E-state index is 12.1. The first-order chi connectivity index (χ1) is 9.38. The van der Waals surface area contributed by atoms with Crippen LogP contribution < -0.4 is 9.62 Å². The van der Waals surface area contributed by atoms with Gasteiger partial charge in [0.1, 0.15) is 10.0 Å². The van der Waals surface area contributed by atoms with Crippen LogP contribution >= 0.6 is 27.3 Å². The molecular formula is C12H14BrN3O2S2. The van der Waals surface area contributed by atoms with Crippen molar-refractivity contribution in [1.29, 1.82) is 0 Å². The fraction of sp³-hybridized carbons (Fsp3) is 0.250. The molecule has 5 nitrogen and oxygen atoms in total. The largest absolute Gasteiger partial charge is 0.363 e. The lowest BCUT2D eigenvalue weighted by atomic mass is 10.2. The van der Waals surface area contributed by atoms with E-state index >= 15 is 0 Å². The first-order valence-corrected chi connectivity index (χ1v) is 8.85. The van der Waals surface area contributed by atoms with Crippen molar-refractivity contribution in [2.24, 2.45) is 0 Å². The lowest BCUT2D eigenvalue weighted by molar-refractivity contribution is 0.583. The SMILES string of the molecule is CN(C)c1cc(CNS(=O)(=O)c2ccc(Br)s2)ccn1. The molecule has 1 N–H and O–H groups in total. The molecule has 0 aliphatic heterocycles. The maximum Gasteiger partial charge on any atom is 0.250 e. The Kier molecular flexibility index (Phi) is 4.79. The summed E-state index contributed by atoms with van der Waals surface area (Å²) in [5.74, 6) is 0.792. The second-order valence-corrected chi connectivity index (χ2v) is 8.76. The van der Waals surface area contributed by atoms with Crippen LogP contribution in [-0.4, -0.2) is 27.5 Å². The van der Waals surface area contributed by atoms with Crippen molar-refractivity contribution in [3.63, 3.8) is 0 Å². The van der Waals surface area contributed by atoms with E-state index in [1.807, 2.05) is 25.1 Å². The molecule has 108 valence electrons. The summed E-state index contributed by atoms with van der Waals surface area (Å²) in [5.41, 5.74) is 0.864. The van der Waals surface area contributed by atoms with Gasteiger partial charge in [-0.25, -0.2) is 18.1 Å². The van der Waals surface area contributed by atoms with Gasteiger partial charge in [-0.1, -0.05) is 0 Å². The normalized spacial score (nSPS) is 11.6. The molecule has 0 atom stereocenters. The summed E-state index contributed by atoms with van der Waals surface area (Å²) < 4.78 is 27.9. The van der Waals surface area contributed by atoms with Crippen LogP contribution in [0.25, 0.3) is 0 Å². The van der Waals surface area contributed by atoms with Crippen LogP contribution in [0.1, 0.15) is 5.56 Å². The molecule has 0 saturated carbocycles. The van der Waals surface area contributed by atoms with Crippen LogP contribution in [0.4, 0.5) is 5.82 Å². The minimum absolute atomic E-state index is 0.237. The molecule has 0 radical (unpaired) electrons. The second-order valence-electron chi connectivity index (χ2n) is 4.30. The third-order valence-electron chi connectivity index (χ3n) is 2.55. The van der Waals surface area contributed by atoms with Crippen molar-refractivity contribution in [3.8, 4) is 0 Å². The molecule has 2 aromatic heterocycles. The number of rotatable bonds is 5. The summed E-state index contributed by atoms with van der Waals surface area (Å²) in [5, 5.41) is 0. The first-order valence-electron chi connectivity index (χ1n) is 5.76. The van der Waals surface area contributed by atoms with Crippen LogP contribution in [0, 0.1) is 0 Å². The van der Waals surface area contributed by atoms with Gasteiger partial charge in [0.15, 0.2) is 0 Å². The highest BCUT2D eigenvalue weighted by Gasteiger charge is 2.16. The van der Waals surface area contributed by atoms with Gasteiger partial charge in [0.25, 0.3) is 0 Å². The van der Waals surface area contributed by atoms with Crippen LogP contribution in [-0.2, 0) is 16.6 Å². The number of anilines is 1. The summed E-state index contributed by atoms with van der Waals surface area (Å²) in [6.07, 6.45) is 1.67. The highest BCUT2D eigenvalue weighted by atomic mass is 79.9. The number of nitrogens with one attached hydrogen (secondary N) is 1. The third-order valence-corrected chi connectivity index (χ3v) is 6.06. The van der Waals surface area contributed by atoms with Crippen LogP contribution in [0.2, 0.25) is 0 Å². The average Bonchev–Trinajstić information content (AvgIpc) is 2.84. The molecule has 0 spiro atoms. The number of sulfonamides is 1. The van der Waals surface area contributed by atoms with E-state index in [1.165, 1.54) is 11.3 Å². The van der Waals surface area contributed by atoms with Crippen molar-refractivity contribution in [1.82, 2.24) is 9.71 Å². The zero-order chi connectivity index (χ0) is 14.8. The fourth-order valence-electron chi connectivity index (χ4n) is 1.51. The smallest absolute Gasteiger partial charge is 0.250 e. The van der Waals surface area contributed by atoms with E-state index in [-0.39, 0.29) is 6.54 Å². The number of thiophene rings is 1. The van der Waals surface area contributed by atoms with E-state index < -0.39 is 10.0 Å². The van der Waals surface area contributed by atoms with Gasteiger partial charge >= 0.3 is 0 Å². The van der Waals surface area contributed by atoms with Crippen molar-refractivity contribution in [3.05, 3.63) is 39.8 Å². The molecule has 8 heteroatoms. The topological polar surface area (TPSA) is 62.3 Å². The number of nitrogens with zero attached hydrogens (tertiary/aromatic N) is 2. The molecule has 0 aromatic carbocycles. The van der Waals surface area contributed by atoms with Gasteiger partial charge in [0.2, 0.25) is 10.0 Å². The zero-order valence-electron chi connectivity index (χ0n) is 11.0. The van der Waals surface area contributed by atoms with Gasteiger partial charge in [0.05, 0.1) is 3.79 Å². The summed E-state index contributed by atoms with van der Waals surface area (Å²) >= 11 is 4.44. The van der Waals surface area contributed by atoms with Gasteiger partial charge in [-0.3, -0.25) is 0 Å².